The fourth-order valence-corrected chi connectivity index (χ4v) is 4.35. The maximum atomic E-state index is 12.7. The quantitative estimate of drug-likeness (QED) is 0.710. The Hall–Kier alpha value is -2.08. The number of hydrogen-bond acceptors (Lipinski definition) is 4. The van der Waals surface area contributed by atoms with Crippen LogP contribution in [-0.2, 0) is 9.84 Å². The molecule has 0 bridgehead atoms. The van der Waals surface area contributed by atoms with E-state index in [0.717, 1.165) is 5.57 Å². The van der Waals surface area contributed by atoms with Gasteiger partial charge in [-0.05, 0) is 43.2 Å². The standard InChI is InChI=1S/C18H23NO4S/c1-4-10-19(16-9-11-24(21,22)13-16)18(20)15-5-7-17(8-6-15)23-12-14(2)3/h4-8,16H,1-2,9-13H2,3H3/t16-/m0/s1. The van der Waals surface area contributed by atoms with Gasteiger partial charge < -0.3 is 9.64 Å². The third-order valence-electron chi connectivity index (χ3n) is 3.82. The van der Waals surface area contributed by atoms with Crippen LogP contribution < -0.4 is 4.74 Å². The number of nitrogens with zero attached hydrogens (tertiary/aromatic N) is 1. The van der Waals surface area contributed by atoms with Crippen LogP contribution in [0.4, 0.5) is 0 Å². The van der Waals surface area contributed by atoms with Gasteiger partial charge >= 0.3 is 0 Å². The molecular formula is C18H23NO4S. The first kappa shape index (κ1) is 18.3. The van der Waals surface area contributed by atoms with Crippen molar-refractivity contribution in [2.75, 3.05) is 24.7 Å². The number of benzene rings is 1. The molecule has 0 radical (unpaired) electrons. The lowest BCUT2D eigenvalue weighted by Crippen LogP contribution is -2.41. The molecule has 6 heteroatoms. The van der Waals surface area contributed by atoms with Crippen molar-refractivity contribution in [2.45, 2.75) is 19.4 Å². The van der Waals surface area contributed by atoms with Crippen LogP contribution in [0.15, 0.2) is 49.1 Å². The summed E-state index contributed by atoms with van der Waals surface area (Å²) in [4.78, 5) is 14.3. The lowest BCUT2D eigenvalue weighted by Gasteiger charge is -2.27. The van der Waals surface area contributed by atoms with Gasteiger partial charge in [-0.1, -0.05) is 12.7 Å². The number of carbonyl (C=O) groups excluding carboxylic acids is 1. The minimum absolute atomic E-state index is 0.0202. The molecule has 0 spiro atoms. The van der Waals surface area contributed by atoms with E-state index in [2.05, 4.69) is 13.2 Å². The van der Waals surface area contributed by atoms with Gasteiger partial charge in [0.2, 0.25) is 0 Å². The molecule has 130 valence electrons. The van der Waals surface area contributed by atoms with Crippen molar-refractivity contribution in [3.8, 4) is 5.75 Å². The predicted molar refractivity (Wildman–Crippen MR) is 95.0 cm³/mol. The van der Waals surface area contributed by atoms with Gasteiger partial charge in [0.05, 0.1) is 11.5 Å². The van der Waals surface area contributed by atoms with E-state index in [1.165, 1.54) is 0 Å². The van der Waals surface area contributed by atoms with Crippen molar-refractivity contribution in [1.29, 1.82) is 0 Å². The molecule has 0 unspecified atom stereocenters. The van der Waals surface area contributed by atoms with E-state index in [1.54, 1.807) is 35.2 Å². The highest BCUT2D eigenvalue weighted by atomic mass is 32.2. The number of carbonyl (C=O) groups is 1. The normalized spacial score (nSPS) is 18.8. The molecule has 1 aliphatic heterocycles. The average molecular weight is 349 g/mol. The van der Waals surface area contributed by atoms with Crippen molar-refractivity contribution >= 4 is 15.7 Å². The third kappa shape index (κ3) is 4.71. The van der Waals surface area contributed by atoms with Crippen LogP contribution in [0.2, 0.25) is 0 Å². The van der Waals surface area contributed by atoms with Crippen molar-refractivity contribution in [1.82, 2.24) is 4.90 Å². The highest BCUT2D eigenvalue weighted by Crippen LogP contribution is 2.21. The highest BCUT2D eigenvalue weighted by Gasteiger charge is 2.34. The Morgan fingerprint density at radius 1 is 1.38 bits per heavy atom. The first-order chi connectivity index (χ1) is 11.3. The Balaban J connectivity index is 2.12. The molecule has 1 atom stereocenters. The number of sulfone groups is 1. The Kier molecular flexibility index (Phi) is 5.83. The predicted octanol–water partition coefficient (Wildman–Crippen LogP) is 2.46. The molecule has 1 heterocycles. The first-order valence-electron chi connectivity index (χ1n) is 7.82. The van der Waals surface area contributed by atoms with E-state index in [1.807, 2.05) is 6.92 Å². The van der Waals surface area contributed by atoms with E-state index >= 15 is 0 Å². The molecule has 0 saturated carbocycles. The molecule has 0 aliphatic carbocycles. The summed E-state index contributed by atoms with van der Waals surface area (Å²) in [6.45, 7) is 10.1. The van der Waals surface area contributed by atoms with Gasteiger partial charge in [0.25, 0.3) is 5.91 Å². The van der Waals surface area contributed by atoms with Gasteiger partial charge in [0, 0.05) is 18.2 Å². The zero-order valence-electron chi connectivity index (χ0n) is 13.9. The second kappa shape index (κ2) is 7.66. The smallest absolute Gasteiger partial charge is 0.254 e. The van der Waals surface area contributed by atoms with Gasteiger partial charge in [0.1, 0.15) is 12.4 Å². The fourth-order valence-electron chi connectivity index (χ4n) is 2.62. The number of hydrogen-bond donors (Lipinski definition) is 0. The third-order valence-corrected chi connectivity index (χ3v) is 5.57. The minimum Gasteiger partial charge on any atom is -0.489 e. The minimum atomic E-state index is -3.05. The van der Waals surface area contributed by atoms with Crippen LogP contribution in [0.1, 0.15) is 23.7 Å². The summed E-state index contributed by atoms with van der Waals surface area (Å²) in [5.74, 6) is 0.621. The summed E-state index contributed by atoms with van der Waals surface area (Å²) >= 11 is 0. The van der Waals surface area contributed by atoms with Crippen molar-refractivity contribution in [2.24, 2.45) is 0 Å². The van der Waals surface area contributed by atoms with Crippen molar-refractivity contribution in [3.63, 3.8) is 0 Å². The lowest BCUT2D eigenvalue weighted by atomic mass is 10.1. The van der Waals surface area contributed by atoms with Gasteiger partial charge in [-0.15, -0.1) is 6.58 Å². The number of rotatable bonds is 7. The van der Waals surface area contributed by atoms with Crippen LogP contribution in [-0.4, -0.2) is 49.9 Å². The summed E-state index contributed by atoms with van der Waals surface area (Å²) in [5.41, 5.74) is 1.42. The maximum Gasteiger partial charge on any atom is 0.254 e. The Bertz CT molecular complexity index is 722. The monoisotopic (exact) mass is 349 g/mol. The zero-order valence-corrected chi connectivity index (χ0v) is 14.7. The second-order valence-corrected chi connectivity index (χ2v) is 8.30. The summed E-state index contributed by atoms with van der Waals surface area (Å²) in [5, 5.41) is 0. The summed E-state index contributed by atoms with van der Waals surface area (Å²) in [7, 11) is -3.05. The maximum absolute atomic E-state index is 12.7. The van der Waals surface area contributed by atoms with Crippen LogP contribution >= 0.6 is 0 Å². The van der Waals surface area contributed by atoms with Crippen molar-refractivity contribution < 1.29 is 17.9 Å². The molecule has 1 aromatic rings. The SMILES string of the molecule is C=CCN(C(=O)c1ccc(OCC(=C)C)cc1)[C@H]1CCS(=O)(=O)C1. The largest absolute Gasteiger partial charge is 0.489 e. The first-order valence-corrected chi connectivity index (χ1v) is 9.64. The van der Waals surface area contributed by atoms with E-state index in [0.29, 0.717) is 30.9 Å². The van der Waals surface area contributed by atoms with E-state index in [-0.39, 0.29) is 23.5 Å². The fraction of sp³-hybridized carbons (Fsp3) is 0.389. The van der Waals surface area contributed by atoms with Crippen LogP contribution in [0, 0.1) is 0 Å². The second-order valence-electron chi connectivity index (χ2n) is 6.07. The highest BCUT2D eigenvalue weighted by molar-refractivity contribution is 7.91. The molecule has 0 aromatic heterocycles. The average Bonchev–Trinajstić information content (AvgIpc) is 2.90. The summed E-state index contributed by atoms with van der Waals surface area (Å²) in [6, 6.07) is 6.55. The van der Waals surface area contributed by atoms with Crippen LogP contribution in [0.5, 0.6) is 5.75 Å². The molecule has 1 aromatic carbocycles. The van der Waals surface area contributed by atoms with Crippen molar-refractivity contribution in [3.05, 3.63) is 54.6 Å². The van der Waals surface area contributed by atoms with Gasteiger partial charge in [-0.3, -0.25) is 4.79 Å². The summed E-state index contributed by atoms with van der Waals surface area (Å²) in [6.07, 6.45) is 2.09. The lowest BCUT2D eigenvalue weighted by molar-refractivity contribution is 0.0720. The van der Waals surface area contributed by atoms with E-state index < -0.39 is 9.84 Å². The number of amides is 1. The zero-order chi connectivity index (χ0) is 17.7. The Morgan fingerprint density at radius 2 is 2.04 bits per heavy atom. The van der Waals surface area contributed by atoms with Gasteiger partial charge in [0.15, 0.2) is 9.84 Å². The Labute approximate surface area is 143 Å². The topological polar surface area (TPSA) is 63.7 Å². The van der Waals surface area contributed by atoms with E-state index in [9.17, 15) is 13.2 Å². The van der Waals surface area contributed by atoms with E-state index in [4.69, 9.17) is 4.74 Å². The molecule has 2 rings (SSSR count). The molecule has 1 fully saturated rings. The molecule has 24 heavy (non-hydrogen) atoms. The number of ether oxygens (including phenoxy) is 1. The van der Waals surface area contributed by atoms with Gasteiger partial charge in [-0.25, -0.2) is 8.42 Å². The van der Waals surface area contributed by atoms with Crippen LogP contribution in [0.3, 0.4) is 0 Å². The van der Waals surface area contributed by atoms with Crippen LogP contribution in [0.25, 0.3) is 0 Å². The molecule has 1 aliphatic rings. The molecule has 1 amide bonds. The molecular weight excluding hydrogens is 326 g/mol. The molecule has 1 saturated heterocycles. The molecule has 0 N–H and O–H groups in total. The molecule has 5 nitrogen and oxygen atoms in total. The summed E-state index contributed by atoms with van der Waals surface area (Å²) < 4.78 is 28.9. The van der Waals surface area contributed by atoms with Gasteiger partial charge in [-0.2, -0.15) is 0 Å². The Morgan fingerprint density at radius 3 is 2.54 bits per heavy atom.